The second-order valence-corrected chi connectivity index (χ2v) is 13.5. The van der Waals surface area contributed by atoms with Gasteiger partial charge in [0.25, 0.3) is 7.82 Å². The Morgan fingerprint density at radius 1 is 0.800 bits per heavy atom. The van der Waals surface area contributed by atoms with Gasteiger partial charge in [-0.15, -0.1) is 0 Å². The zero-order chi connectivity index (χ0) is 26.0. The average molecular weight is 621 g/mol. The molecule has 0 fully saturated rings. The highest BCUT2D eigenvalue weighted by Crippen LogP contribution is 2.34. The topological polar surface area (TPSA) is 69.6 Å². The Hall–Kier alpha value is 0.0200. The number of hydrogen-bond donors (Lipinski definition) is 1. The van der Waals surface area contributed by atoms with E-state index in [0.717, 1.165) is 12.8 Å². The van der Waals surface area contributed by atoms with Crippen molar-refractivity contribution in [3.8, 4) is 0 Å². The van der Waals surface area contributed by atoms with Gasteiger partial charge in [-0.05, 0) is 59.5 Å². The number of nitrogens with zero attached hydrogens (tertiary/aromatic N) is 1. The van der Waals surface area contributed by atoms with Crippen LogP contribution < -0.4 is 4.89 Å². The predicted molar refractivity (Wildman–Crippen MR) is 154 cm³/mol. The molecule has 5 nitrogen and oxygen atoms in total. The summed E-state index contributed by atoms with van der Waals surface area (Å²) < 4.78 is 17.9. The Bertz CT molecular complexity index is 687. The molecule has 2 unspecified atom stereocenters. The lowest BCUT2D eigenvalue weighted by Crippen LogP contribution is -2.42. The summed E-state index contributed by atoms with van der Waals surface area (Å²) in [6, 6.07) is 8.93. The normalized spacial score (nSPS) is 14.7. The molecular formula is C28H51INO4P. The molecule has 0 heterocycles. The summed E-state index contributed by atoms with van der Waals surface area (Å²) in [6.07, 6.45) is 20.9. The zero-order valence-electron chi connectivity index (χ0n) is 22.6. The summed E-state index contributed by atoms with van der Waals surface area (Å²) in [4.78, 5) is 20.1. The van der Waals surface area contributed by atoms with Gasteiger partial charge in [-0.2, -0.15) is 0 Å². The van der Waals surface area contributed by atoms with E-state index in [-0.39, 0.29) is 0 Å². The third-order valence-electron chi connectivity index (χ3n) is 6.44. The van der Waals surface area contributed by atoms with Gasteiger partial charge in [0.2, 0.25) is 0 Å². The third-order valence-corrected chi connectivity index (χ3v) is 7.72. The van der Waals surface area contributed by atoms with Crippen LogP contribution in [-0.4, -0.2) is 43.2 Å². The van der Waals surface area contributed by atoms with Crippen LogP contribution in [0, 0.1) is 3.57 Å². The van der Waals surface area contributed by atoms with Gasteiger partial charge in [0.15, 0.2) is 0 Å². The van der Waals surface area contributed by atoms with Crippen molar-refractivity contribution in [3.05, 3.63) is 33.4 Å². The molecule has 7 heteroatoms. The van der Waals surface area contributed by atoms with Crippen molar-refractivity contribution in [2.45, 2.75) is 115 Å². The lowest BCUT2D eigenvalue weighted by atomic mass is 10.0. The van der Waals surface area contributed by atoms with Crippen LogP contribution in [0.2, 0.25) is 0 Å². The number of halogens is 1. The molecule has 35 heavy (non-hydrogen) atoms. The Morgan fingerprint density at radius 3 is 1.60 bits per heavy atom. The number of phosphoric acid groups is 1. The largest absolute Gasteiger partial charge is 0.756 e. The van der Waals surface area contributed by atoms with Crippen molar-refractivity contribution in [1.29, 1.82) is 0 Å². The van der Waals surface area contributed by atoms with Crippen molar-refractivity contribution in [3.63, 3.8) is 0 Å². The van der Waals surface area contributed by atoms with Crippen LogP contribution >= 0.6 is 30.4 Å². The van der Waals surface area contributed by atoms with Crippen molar-refractivity contribution in [2.24, 2.45) is 0 Å². The molecule has 0 aliphatic rings. The molecule has 1 aromatic rings. The molecule has 0 saturated carbocycles. The number of unbranched alkanes of at least 4 members (excludes halogenated alkanes) is 14. The Kier molecular flexibility index (Phi) is 18.1. The fourth-order valence-electron chi connectivity index (χ4n) is 4.63. The van der Waals surface area contributed by atoms with E-state index in [1.54, 1.807) is 0 Å². The number of hydrogen-bond acceptors (Lipinski definition) is 3. The number of phosphoric ester groups is 1. The van der Waals surface area contributed by atoms with E-state index >= 15 is 0 Å². The van der Waals surface area contributed by atoms with E-state index in [0.29, 0.717) is 17.4 Å². The SMILES string of the molecule is C[N+](C)(C)CC(CCCCCCCCCCCCCCCCCc1ccc([124I])cc1)OP(=O)([O-])O. The van der Waals surface area contributed by atoms with Crippen molar-refractivity contribution < 1.29 is 23.4 Å². The first-order valence-electron chi connectivity index (χ1n) is 13.8. The van der Waals surface area contributed by atoms with E-state index in [4.69, 9.17) is 9.42 Å². The van der Waals surface area contributed by atoms with Gasteiger partial charge in [-0.1, -0.05) is 102 Å². The summed E-state index contributed by atoms with van der Waals surface area (Å²) in [6.45, 7) is 0.570. The monoisotopic (exact) mass is 620 g/mol. The minimum Gasteiger partial charge on any atom is -0.756 e. The number of likely N-dealkylation sites (N-methyl/N-ethyl adjacent to an activating group) is 1. The maximum atomic E-state index is 11.1. The Labute approximate surface area is 229 Å². The molecule has 0 radical (unpaired) electrons. The molecule has 0 bridgehead atoms. The van der Waals surface area contributed by atoms with Crippen molar-refractivity contribution in [2.75, 3.05) is 27.7 Å². The van der Waals surface area contributed by atoms with Gasteiger partial charge in [-0.25, -0.2) is 0 Å². The summed E-state index contributed by atoms with van der Waals surface area (Å²) in [5.41, 5.74) is 1.47. The van der Waals surface area contributed by atoms with E-state index in [1.165, 1.54) is 99.0 Å². The first kappa shape index (κ1) is 33.0. The molecule has 1 rings (SSSR count). The van der Waals surface area contributed by atoms with E-state index in [2.05, 4.69) is 46.9 Å². The fraction of sp³-hybridized carbons (Fsp3) is 0.786. The van der Waals surface area contributed by atoms with Gasteiger partial charge in [-0.3, -0.25) is 4.57 Å². The van der Waals surface area contributed by atoms with Gasteiger partial charge in [0, 0.05) is 3.57 Å². The number of rotatable bonds is 22. The van der Waals surface area contributed by atoms with Crippen molar-refractivity contribution in [1.82, 2.24) is 0 Å². The highest BCUT2D eigenvalue weighted by Gasteiger charge is 2.22. The number of quaternary nitrogens is 1. The van der Waals surface area contributed by atoms with Crippen LogP contribution in [0.5, 0.6) is 0 Å². The summed E-state index contributed by atoms with van der Waals surface area (Å²) in [5.74, 6) is 0. The second-order valence-electron chi connectivity index (χ2n) is 11.1. The van der Waals surface area contributed by atoms with Crippen LogP contribution in [0.25, 0.3) is 0 Å². The van der Waals surface area contributed by atoms with Crippen molar-refractivity contribution >= 4 is 30.4 Å². The van der Waals surface area contributed by atoms with Gasteiger partial charge in [0.1, 0.15) is 12.6 Å². The molecule has 204 valence electrons. The van der Waals surface area contributed by atoms with Crippen LogP contribution in [0.1, 0.15) is 108 Å². The maximum absolute atomic E-state index is 11.1. The van der Waals surface area contributed by atoms with Crippen LogP contribution in [0.15, 0.2) is 24.3 Å². The molecule has 0 saturated heterocycles. The van der Waals surface area contributed by atoms with Crippen LogP contribution in [0.4, 0.5) is 0 Å². The average Bonchev–Trinajstić information content (AvgIpc) is 2.75. The van der Waals surface area contributed by atoms with E-state index < -0.39 is 13.9 Å². The lowest BCUT2D eigenvalue weighted by molar-refractivity contribution is -0.873. The minimum atomic E-state index is -4.67. The summed E-state index contributed by atoms with van der Waals surface area (Å²) in [5, 5.41) is 0. The Morgan fingerprint density at radius 2 is 1.20 bits per heavy atom. The molecule has 0 spiro atoms. The summed E-state index contributed by atoms with van der Waals surface area (Å²) >= 11 is 2.36. The highest BCUT2D eigenvalue weighted by molar-refractivity contribution is 14.1. The number of benzene rings is 1. The molecular weight excluding hydrogens is 569 g/mol. The molecule has 0 aliphatic heterocycles. The quantitative estimate of drug-likeness (QED) is 0.0627. The molecule has 0 aromatic heterocycles. The first-order valence-corrected chi connectivity index (χ1v) is 16.4. The van der Waals surface area contributed by atoms with Crippen LogP contribution in [-0.2, 0) is 15.5 Å². The van der Waals surface area contributed by atoms with Gasteiger partial charge >= 0.3 is 0 Å². The lowest BCUT2D eigenvalue weighted by Gasteiger charge is -2.31. The summed E-state index contributed by atoms with van der Waals surface area (Å²) in [7, 11) is 1.32. The van der Waals surface area contributed by atoms with E-state index in [9.17, 15) is 9.46 Å². The molecule has 0 aliphatic carbocycles. The smallest absolute Gasteiger partial charge is 0.265 e. The molecule has 1 aromatic carbocycles. The predicted octanol–water partition coefficient (Wildman–Crippen LogP) is 7.63. The van der Waals surface area contributed by atoms with Crippen LogP contribution in [0.3, 0.4) is 0 Å². The third kappa shape index (κ3) is 21.8. The molecule has 2 atom stereocenters. The fourth-order valence-corrected chi connectivity index (χ4v) is 5.54. The van der Waals surface area contributed by atoms with E-state index in [1.807, 2.05) is 21.1 Å². The maximum Gasteiger partial charge on any atom is 0.265 e. The standard InChI is InChI=1S/C28H51INO4P/c1-30(2,3)25-28(34-35(31,32)33)20-18-16-14-12-10-8-6-4-5-7-9-11-13-15-17-19-26-21-23-27(29)24-22-26/h21-24,28H,4-20,25H2,1-3H3,(H-,31,32,33)/i29-3. The van der Waals surface area contributed by atoms with Gasteiger partial charge in [0.05, 0.1) is 21.1 Å². The molecule has 0 amide bonds. The first-order chi connectivity index (χ1) is 16.6. The zero-order valence-corrected chi connectivity index (χ0v) is 25.6. The number of aryl methyl sites for hydroxylation is 1. The molecule has 1 N–H and O–H groups in total. The highest BCUT2D eigenvalue weighted by atomic mass is 124. The van der Waals surface area contributed by atoms with Gasteiger partial charge < -0.3 is 18.8 Å². The Balaban J connectivity index is 1.86. The second kappa shape index (κ2) is 19.1. The minimum absolute atomic E-state index is 0.443.